The predicted molar refractivity (Wildman–Crippen MR) is 106 cm³/mol. The molecule has 0 radical (unpaired) electrons. The van der Waals surface area contributed by atoms with Gasteiger partial charge in [0.25, 0.3) is 5.91 Å². The topological polar surface area (TPSA) is 87.7 Å². The second-order valence-corrected chi connectivity index (χ2v) is 7.00. The summed E-state index contributed by atoms with van der Waals surface area (Å²) in [5.41, 5.74) is 3.48. The van der Waals surface area contributed by atoms with E-state index >= 15 is 0 Å². The van der Waals surface area contributed by atoms with Crippen molar-refractivity contribution in [3.05, 3.63) is 82.6 Å². The van der Waals surface area contributed by atoms with Crippen molar-refractivity contribution in [2.75, 3.05) is 20.2 Å². The summed E-state index contributed by atoms with van der Waals surface area (Å²) in [6.07, 6.45) is 0.743. The molecule has 0 aromatic heterocycles. The molecule has 0 aliphatic carbocycles. The first kappa shape index (κ1) is 18.7. The van der Waals surface area contributed by atoms with Gasteiger partial charge in [-0.25, -0.2) is 9.59 Å². The molecule has 29 heavy (non-hydrogen) atoms. The summed E-state index contributed by atoms with van der Waals surface area (Å²) < 4.78 is 4.71. The van der Waals surface area contributed by atoms with E-state index in [0.29, 0.717) is 29.9 Å². The Labute approximate surface area is 168 Å². The SMILES string of the molecule is COC(=O)c1ccc([C@@H]2NC(=O)NC3=C2C(=O)N(CCc2ccccc2)C3)cc1. The average molecular weight is 391 g/mol. The summed E-state index contributed by atoms with van der Waals surface area (Å²) in [6, 6.07) is 15.8. The zero-order valence-electron chi connectivity index (χ0n) is 16.0. The van der Waals surface area contributed by atoms with Crippen LogP contribution >= 0.6 is 0 Å². The Balaban J connectivity index is 1.54. The van der Waals surface area contributed by atoms with E-state index in [2.05, 4.69) is 10.6 Å². The fraction of sp³-hybridized carbons (Fsp3) is 0.227. The standard InChI is InChI=1S/C22H21N3O4/c1-29-21(27)16-9-7-15(8-10-16)19-18-17(23-22(28)24-19)13-25(20(18)26)12-11-14-5-3-2-4-6-14/h2-10,19H,11-13H2,1H3,(H2,23,24,28)/t19-/m0/s1. The first-order chi connectivity index (χ1) is 14.1. The van der Waals surface area contributed by atoms with Gasteiger partial charge >= 0.3 is 12.0 Å². The minimum Gasteiger partial charge on any atom is -0.465 e. The van der Waals surface area contributed by atoms with Crippen LogP contribution in [0.3, 0.4) is 0 Å². The van der Waals surface area contributed by atoms with E-state index in [-0.39, 0.29) is 11.9 Å². The molecule has 1 atom stereocenters. The van der Waals surface area contributed by atoms with Crippen LogP contribution in [0.25, 0.3) is 0 Å². The number of esters is 1. The predicted octanol–water partition coefficient (Wildman–Crippen LogP) is 2.17. The molecule has 7 heteroatoms. The van der Waals surface area contributed by atoms with Crippen LogP contribution in [0.15, 0.2) is 65.9 Å². The van der Waals surface area contributed by atoms with Crippen LogP contribution in [0.5, 0.6) is 0 Å². The van der Waals surface area contributed by atoms with Crippen LogP contribution < -0.4 is 10.6 Å². The van der Waals surface area contributed by atoms with Gasteiger partial charge in [-0.1, -0.05) is 42.5 Å². The molecule has 0 saturated heterocycles. The number of hydrogen-bond acceptors (Lipinski definition) is 4. The molecular weight excluding hydrogens is 370 g/mol. The molecule has 2 aromatic rings. The van der Waals surface area contributed by atoms with Crippen LogP contribution in [-0.2, 0) is 16.0 Å². The first-order valence-corrected chi connectivity index (χ1v) is 9.39. The number of carbonyl (C=O) groups is 3. The maximum absolute atomic E-state index is 13.1. The monoisotopic (exact) mass is 391 g/mol. The van der Waals surface area contributed by atoms with Crippen molar-refractivity contribution >= 4 is 17.9 Å². The number of amides is 3. The van der Waals surface area contributed by atoms with Gasteiger partial charge in [-0.3, -0.25) is 4.79 Å². The number of nitrogens with zero attached hydrogens (tertiary/aromatic N) is 1. The largest absolute Gasteiger partial charge is 0.465 e. The van der Waals surface area contributed by atoms with Gasteiger partial charge in [0, 0.05) is 6.54 Å². The van der Waals surface area contributed by atoms with E-state index in [1.165, 1.54) is 7.11 Å². The van der Waals surface area contributed by atoms with Crippen LogP contribution in [0, 0.1) is 0 Å². The Morgan fingerprint density at radius 2 is 1.83 bits per heavy atom. The number of carbonyl (C=O) groups excluding carboxylic acids is 3. The van der Waals surface area contributed by atoms with Crippen LogP contribution in [-0.4, -0.2) is 43.0 Å². The maximum Gasteiger partial charge on any atom is 0.337 e. The first-order valence-electron chi connectivity index (χ1n) is 9.39. The molecule has 3 amide bonds. The van der Waals surface area contributed by atoms with E-state index in [0.717, 1.165) is 17.5 Å². The van der Waals surface area contributed by atoms with Crippen molar-refractivity contribution in [3.8, 4) is 0 Å². The lowest BCUT2D eigenvalue weighted by Gasteiger charge is -2.25. The van der Waals surface area contributed by atoms with E-state index in [9.17, 15) is 14.4 Å². The second kappa shape index (κ2) is 7.79. The molecule has 148 valence electrons. The molecule has 0 unspecified atom stereocenters. The number of ether oxygens (including phenoxy) is 1. The number of rotatable bonds is 5. The van der Waals surface area contributed by atoms with Crippen molar-refractivity contribution in [1.29, 1.82) is 0 Å². The molecule has 0 spiro atoms. The zero-order valence-corrected chi connectivity index (χ0v) is 16.0. The van der Waals surface area contributed by atoms with Crippen molar-refractivity contribution in [2.24, 2.45) is 0 Å². The quantitative estimate of drug-likeness (QED) is 0.765. The Bertz CT molecular complexity index is 983. The highest BCUT2D eigenvalue weighted by Crippen LogP contribution is 2.32. The van der Waals surface area contributed by atoms with Gasteiger partial charge < -0.3 is 20.3 Å². The Morgan fingerprint density at radius 3 is 2.52 bits per heavy atom. The molecule has 2 N–H and O–H groups in total. The fourth-order valence-corrected chi connectivity index (χ4v) is 3.70. The van der Waals surface area contributed by atoms with Crippen LogP contribution in [0.2, 0.25) is 0 Å². The maximum atomic E-state index is 13.1. The Morgan fingerprint density at radius 1 is 1.10 bits per heavy atom. The average Bonchev–Trinajstić information content (AvgIpc) is 3.07. The normalized spacial score (nSPS) is 18.2. The van der Waals surface area contributed by atoms with E-state index in [1.807, 2.05) is 30.3 Å². The lowest BCUT2D eigenvalue weighted by Crippen LogP contribution is -2.44. The van der Waals surface area contributed by atoms with E-state index < -0.39 is 12.0 Å². The number of benzene rings is 2. The molecule has 0 saturated carbocycles. The minimum absolute atomic E-state index is 0.0922. The van der Waals surface area contributed by atoms with Crippen molar-refractivity contribution in [3.63, 3.8) is 0 Å². The van der Waals surface area contributed by atoms with E-state index in [4.69, 9.17) is 4.74 Å². The molecule has 0 fully saturated rings. The second-order valence-electron chi connectivity index (χ2n) is 7.00. The molecule has 0 bridgehead atoms. The van der Waals surface area contributed by atoms with Gasteiger partial charge in [-0.05, 0) is 29.7 Å². The van der Waals surface area contributed by atoms with Gasteiger partial charge in [0.2, 0.25) is 0 Å². The summed E-state index contributed by atoms with van der Waals surface area (Å²) in [6.45, 7) is 0.949. The summed E-state index contributed by atoms with van der Waals surface area (Å²) in [7, 11) is 1.32. The summed E-state index contributed by atoms with van der Waals surface area (Å²) in [5, 5.41) is 5.59. The van der Waals surface area contributed by atoms with Crippen LogP contribution in [0.4, 0.5) is 4.79 Å². The molecule has 2 aliphatic heterocycles. The van der Waals surface area contributed by atoms with Crippen LogP contribution in [0.1, 0.15) is 27.5 Å². The van der Waals surface area contributed by atoms with Crippen molar-refractivity contribution in [1.82, 2.24) is 15.5 Å². The third-order valence-electron chi connectivity index (χ3n) is 5.20. The highest BCUT2D eigenvalue weighted by molar-refractivity contribution is 6.01. The van der Waals surface area contributed by atoms with Gasteiger partial charge in [0.1, 0.15) is 0 Å². The molecule has 4 rings (SSSR count). The summed E-state index contributed by atoms with van der Waals surface area (Å²) >= 11 is 0. The molecule has 2 aromatic carbocycles. The van der Waals surface area contributed by atoms with Crippen molar-refractivity contribution < 1.29 is 19.1 Å². The van der Waals surface area contributed by atoms with Gasteiger partial charge in [-0.15, -0.1) is 0 Å². The number of nitrogens with one attached hydrogen (secondary N) is 2. The summed E-state index contributed by atoms with van der Waals surface area (Å²) in [4.78, 5) is 38.6. The smallest absolute Gasteiger partial charge is 0.337 e. The Hall–Kier alpha value is -3.61. The van der Waals surface area contributed by atoms with Gasteiger partial charge in [0.15, 0.2) is 0 Å². The highest BCUT2D eigenvalue weighted by Gasteiger charge is 2.40. The van der Waals surface area contributed by atoms with Crippen molar-refractivity contribution in [2.45, 2.75) is 12.5 Å². The summed E-state index contributed by atoms with van der Waals surface area (Å²) in [5.74, 6) is -0.527. The molecule has 2 aliphatic rings. The fourth-order valence-electron chi connectivity index (χ4n) is 3.70. The lowest BCUT2D eigenvalue weighted by molar-refractivity contribution is -0.125. The highest BCUT2D eigenvalue weighted by atomic mass is 16.5. The molecule has 2 heterocycles. The molecule has 7 nitrogen and oxygen atoms in total. The minimum atomic E-state index is -0.556. The zero-order chi connectivity index (χ0) is 20.4. The van der Waals surface area contributed by atoms with Gasteiger partial charge in [0.05, 0.1) is 36.5 Å². The number of hydrogen-bond donors (Lipinski definition) is 2. The number of urea groups is 1. The van der Waals surface area contributed by atoms with Gasteiger partial charge in [-0.2, -0.15) is 0 Å². The third kappa shape index (κ3) is 3.71. The molecular formula is C22H21N3O4. The van der Waals surface area contributed by atoms with E-state index in [1.54, 1.807) is 29.2 Å². The number of methoxy groups -OCH3 is 1. The third-order valence-corrected chi connectivity index (χ3v) is 5.20. The Kier molecular flexibility index (Phi) is 5.03. The lowest BCUT2D eigenvalue weighted by atomic mass is 9.95.